The zero-order chi connectivity index (χ0) is 18.0. The van der Waals surface area contributed by atoms with Crippen LogP contribution in [0.15, 0.2) is 53.4 Å². The zero-order valence-electron chi connectivity index (χ0n) is 11.7. The van der Waals surface area contributed by atoms with Crippen molar-refractivity contribution >= 4 is 31.3 Å². The number of alkyl halides is 3. The number of anilines is 1. The normalized spacial score (nSPS) is 11.8. The Labute approximate surface area is 139 Å². The third-order valence-corrected chi connectivity index (χ3v) is 4.11. The van der Waals surface area contributed by atoms with Gasteiger partial charge in [-0.05, 0) is 48.5 Å². The van der Waals surface area contributed by atoms with Gasteiger partial charge in [-0.1, -0.05) is 0 Å². The number of benzene rings is 2. The summed E-state index contributed by atoms with van der Waals surface area (Å²) < 4.78 is 62.1. The molecule has 0 atom stereocenters. The van der Waals surface area contributed by atoms with Crippen LogP contribution in [0, 0.1) is 0 Å². The van der Waals surface area contributed by atoms with Gasteiger partial charge in [-0.2, -0.15) is 0 Å². The largest absolute Gasteiger partial charge is 0.573 e. The molecule has 0 saturated carbocycles. The number of ether oxygens (including phenoxy) is 1. The summed E-state index contributed by atoms with van der Waals surface area (Å²) in [7, 11) is 1.30. The van der Waals surface area contributed by atoms with Gasteiger partial charge < -0.3 is 10.1 Å². The Kier molecular flexibility index (Phi) is 5.05. The van der Waals surface area contributed by atoms with E-state index in [2.05, 4.69) is 10.1 Å². The van der Waals surface area contributed by atoms with Crippen molar-refractivity contribution in [1.29, 1.82) is 0 Å². The average molecular weight is 380 g/mol. The van der Waals surface area contributed by atoms with Crippen molar-refractivity contribution in [2.45, 2.75) is 11.3 Å². The van der Waals surface area contributed by atoms with E-state index >= 15 is 0 Å². The van der Waals surface area contributed by atoms with Gasteiger partial charge in [-0.3, -0.25) is 4.79 Å². The minimum absolute atomic E-state index is 0.0959. The van der Waals surface area contributed by atoms with Crippen molar-refractivity contribution in [3.05, 3.63) is 54.1 Å². The van der Waals surface area contributed by atoms with Gasteiger partial charge in [0.25, 0.3) is 15.0 Å². The Morgan fingerprint density at radius 3 is 2.00 bits per heavy atom. The fourth-order valence-corrected chi connectivity index (χ4v) is 2.48. The SMILES string of the molecule is O=C(Nc1ccc(S(=O)(=O)Cl)cc1)c1ccc(OC(F)(F)F)cc1. The van der Waals surface area contributed by atoms with E-state index < -0.39 is 27.1 Å². The number of carbonyl (C=O) groups excluding carboxylic acids is 1. The molecule has 0 bridgehead atoms. The molecule has 0 fully saturated rings. The lowest BCUT2D eigenvalue weighted by molar-refractivity contribution is -0.274. The average Bonchev–Trinajstić information content (AvgIpc) is 2.46. The molecule has 0 aliphatic carbocycles. The Morgan fingerprint density at radius 2 is 1.54 bits per heavy atom. The number of halogens is 4. The van der Waals surface area contributed by atoms with Crippen LogP contribution in [0.3, 0.4) is 0 Å². The topological polar surface area (TPSA) is 72.5 Å². The summed E-state index contributed by atoms with van der Waals surface area (Å²) in [6.07, 6.45) is -4.81. The second-order valence-electron chi connectivity index (χ2n) is 4.49. The third-order valence-electron chi connectivity index (χ3n) is 2.74. The zero-order valence-corrected chi connectivity index (χ0v) is 13.2. The molecule has 1 N–H and O–H groups in total. The van der Waals surface area contributed by atoms with E-state index in [1.54, 1.807) is 0 Å². The van der Waals surface area contributed by atoms with E-state index in [0.29, 0.717) is 5.69 Å². The molecule has 0 unspecified atom stereocenters. The minimum Gasteiger partial charge on any atom is -0.406 e. The van der Waals surface area contributed by atoms with E-state index in [9.17, 15) is 26.4 Å². The van der Waals surface area contributed by atoms with E-state index in [4.69, 9.17) is 10.7 Å². The summed E-state index contributed by atoms with van der Waals surface area (Å²) in [5, 5.41) is 2.46. The van der Waals surface area contributed by atoms with E-state index in [1.807, 2.05) is 0 Å². The summed E-state index contributed by atoms with van der Waals surface area (Å²) in [5.41, 5.74) is 0.387. The number of hydrogen-bond donors (Lipinski definition) is 1. The van der Waals surface area contributed by atoms with E-state index in [1.165, 1.54) is 24.3 Å². The number of hydrogen-bond acceptors (Lipinski definition) is 4. The number of rotatable bonds is 4. The summed E-state index contributed by atoms with van der Waals surface area (Å²) in [6, 6.07) is 9.40. The van der Waals surface area contributed by atoms with Crippen LogP contribution >= 0.6 is 10.7 Å². The molecular weight excluding hydrogens is 371 g/mol. The van der Waals surface area contributed by atoms with Crippen molar-refractivity contribution in [2.75, 3.05) is 5.32 Å². The van der Waals surface area contributed by atoms with Crippen LogP contribution in [0.5, 0.6) is 5.75 Å². The summed E-state index contributed by atoms with van der Waals surface area (Å²) in [4.78, 5) is 11.8. The lowest BCUT2D eigenvalue weighted by Crippen LogP contribution is -2.17. The minimum atomic E-state index is -4.81. The molecule has 0 radical (unpaired) electrons. The molecule has 2 aromatic rings. The molecule has 10 heteroatoms. The molecule has 0 saturated heterocycles. The molecule has 0 heterocycles. The van der Waals surface area contributed by atoms with Gasteiger partial charge in [0.15, 0.2) is 0 Å². The Morgan fingerprint density at radius 1 is 1.00 bits per heavy atom. The van der Waals surface area contributed by atoms with Crippen LogP contribution in [-0.2, 0) is 9.05 Å². The quantitative estimate of drug-likeness (QED) is 0.821. The second-order valence-corrected chi connectivity index (χ2v) is 7.05. The standard InChI is InChI=1S/C14H9ClF3NO4S/c15-24(21,22)12-7-3-10(4-8-12)19-13(20)9-1-5-11(6-2-9)23-14(16,17)18/h1-8H,(H,19,20). The predicted molar refractivity (Wildman–Crippen MR) is 80.6 cm³/mol. The molecular formula is C14H9ClF3NO4S. The number of carbonyl (C=O) groups is 1. The van der Waals surface area contributed by atoms with Crippen LogP contribution in [0.2, 0.25) is 0 Å². The van der Waals surface area contributed by atoms with Gasteiger partial charge in [0, 0.05) is 21.9 Å². The van der Waals surface area contributed by atoms with Gasteiger partial charge in [0.1, 0.15) is 5.75 Å². The van der Waals surface area contributed by atoms with Gasteiger partial charge >= 0.3 is 6.36 Å². The fraction of sp³-hybridized carbons (Fsp3) is 0.0714. The van der Waals surface area contributed by atoms with Crippen molar-refractivity contribution in [2.24, 2.45) is 0 Å². The lowest BCUT2D eigenvalue weighted by atomic mass is 10.2. The smallest absolute Gasteiger partial charge is 0.406 e. The molecule has 24 heavy (non-hydrogen) atoms. The summed E-state index contributed by atoms with van der Waals surface area (Å²) in [6.45, 7) is 0. The molecule has 0 aliphatic rings. The molecule has 5 nitrogen and oxygen atoms in total. The lowest BCUT2D eigenvalue weighted by Gasteiger charge is -2.09. The van der Waals surface area contributed by atoms with Crippen LogP contribution in [0.25, 0.3) is 0 Å². The first kappa shape index (κ1) is 18.1. The maximum absolute atomic E-state index is 12.1. The maximum atomic E-state index is 12.1. The van der Waals surface area contributed by atoms with E-state index in [-0.39, 0.29) is 10.5 Å². The van der Waals surface area contributed by atoms with Crippen molar-refractivity contribution in [3.63, 3.8) is 0 Å². The summed E-state index contributed by atoms with van der Waals surface area (Å²) in [5.74, 6) is -1.04. The maximum Gasteiger partial charge on any atom is 0.573 e. The van der Waals surface area contributed by atoms with Crippen molar-refractivity contribution in [3.8, 4) is 5.75 Å². The Bertz CT molecular complexity index is 834. The highest BCUT2D eigenvalue weighted by Crippen LogP contribution is 2.23. The van der Waals surface area contributed by atoms with Crippen LogP contribution < -0.4 is 10.1 Å². The number of amides is 1. The Hall–Kier alpha value is -2.26. The first-order valence-corrected chi connectivity index (χ1v) is 8.57. The molecule has 2 aromatic carbocycles. The number of nitrogens with one attached hydrogen (secondary N) is 1. The van der Waals surface area contributed by atoms with Gasteiger partial charge in [0.05, 0.1) is 4.90 Å². The molecule has 0 aliphatic heterocycles. The first-order chi connectivity index (χ1) is 11.0. The van der Waals surface area contributed by atoms with E-state index in [0.717, 1.165) is 24.3 Å². The monoisotopic (exact) mass is 379 g/mol. The summed E-state index contributed by atoms with van der Waals surface area (Å²) >= 11 is 0. The molecule has 0 aromatic heterocycles. The van der Waals surface area contributed by atoms with Crippen LogP contribution in [0.1, 0.15) is 10.4 Å². The molecule has 128 valence electrons. The highest BCUT2D eigenvalue weighted by Gasteiger charge is 2.31. The third kappa shape index (κ3) is 5.14. The fourth-order valence-electron chi connectivity index (χ4n) is 1.71. The predicted octanol–water partition coefficient (Wildman–Crippen LogP) is 3.77. The first-order valence-electron chi connectivity index (χ1n) is 6.26. The van der Waals surface area contributed by atoms with Crippen LogP contribution in [-0.4, -0.2) is 20.7 Å². The van der Waals surface area contributed by atoms with Gasteiger partial charge in [-0.15, -0.1) is 13.2 Å². The molecule has 0 spiro atoms. The van der Waals surface area contributed by atoms with Crippen molar-refractivity contribution < 1.29 is 31.1 Å². The van der Waals surface area contributed by atoms with Gasteiger partial charge in [-0.25, -0.2) is 8.42 Å². The molecule has 2 rings (SSSR count). The highest BCUT2D eigenvalue weighted by molar-refractivity contribution is 8.13. The van der Waals surface area contributed by atoms with Crippen molar-refractivity contribution in [1.82, 2.24) is 0 Å². The highest BCUT2D eigenvalue weighted by atomic mass is 35.7. The Balaban J connectivity index is 2.07. The second kappa shape index (κ2) is 6.70. The molecule has 1 amide bonds. The van der Waals surface area contributed by atoms with Gasteiger partial charge in [0.2, 0.25) is 0 Å². The van der Waals surface area contributed by atoms with Crippen LogP contribution in [0.4, 0.5) is 18.9 Å².